The number of Topliss-reactive ketones (excluding diaryl/α,β-unsaturated/α-hetero) is 1. The van der Waals surface area contributed by atoms with E-state index in [1.165, 1.54) is 45.1 Å². The van der Waals surface area contributed by atoms with Crippen LogP contribution in [-0.4, -0.2) is 29.8 Å². The lowest BCUT2D eigenvalue weighted by atomic mass is 9.78. The molecular weight excluding hydrogens is 258 g/mol. The first-order valence-corrected chi connectivity index (χ1v) is 8.67. The number of benzene rings is 1. The minimum atomic E-state index is 0.299. The number of hydrogen-bond donors (Lipinski definition) is 0. The molecule has 0 spiro atoms. The molecular formula is C19H27NO. The average Bonchev–Trinajstić information content (AvgIpc) is 2.56. The molecule has 1 aromatic carbocycles. The third-order valence-corrected chi connectivity index (χ3v) is 5.30. The molecule has 21 heavy (non-hydrogen) atoms. The predicted octanol–water partition coefficient (Wildman–Crippen LogP) is 4.30. The van der Waals surface area contributed by atoms with E-state index in [2.05, 4.69) is 4.90 Å². The van der Waals surface area contributed by atoms with Crippen LogP contribution in [0.2, 0.25) is 0 Å². The molecule has 1 heterocycles. The summed E-state index contributed by atoms with van der Waals surface area (Å²) in [4.78, 5) is 14.8. The van der Waals surface area contributed by atoms with Gasteiger partial charge in [-0.2, -0.15) is 0 Å². The van der Waals surface area contributed by atoms with Crippen molar-refractivity contribution in [1.82, 2.24) is 4.90 Å². The van der Waals surface area contributed by atoms with Gasteiger partial charge in [0.15, 0.2) is 5.78 Å². The Kier molecular flexibility index (Phi) is 5.08. The number of carbonyl (C=O) groups excluding carboxylic acids is 1. The molecule has 0 bridgehead atoms. The number of fused-ring (bicyclic) bond motifs is 1. The van der Waals surface area contributed by atoms with Crippen molar-refractivity contribution in [3.05, 3.63) is 35.9 Å². The van der Waals surface area contributed by atoms with Crippen LogP contribution in [0.3, 0.4) is 0 Å². The minimum Gasteiger partial charge on any atom is -0.300 e. The number of hydrogen-bond acceptors (Lipinski definition) is 2. The highest BCUT2D eigenvalue weighted by Gasteiger charge is 2.32. The Balaban J connectivity index is 1.47. The largest absolute Gasteiger partial charge is 0.300 e. The van der Waals surface area contributed by atoms with Gasteiger partial charge in [-0.15, -0.1) is 0 Å². The van der Waals surface area contributed by atoms with E-state index >= 15 is 0 Å². The maximum atomic E-state index is 12.2. The minimum absolute atomic E-state index is 0.299. The van der Waals surface area contributed by atoms with Crippen LogP contribution in [0.15, 0.2) is 30.3 Å². The van der Waals surface area contributed by atoms with E-state index < -0.39 is 0 Å². The monoisotopic (exact) mass is 285 g/mol. The summed E-state index contributed by atoms with van der Waals surface area (Å²) < 4.78 is 0. The van der Waals surface area contributed by atoms with Crippen molar-refractivity contribution in [2.24, 2.45) is 5.92 Å². The van der Waals surface area contributed by atoms with E-state index in [1.54, 1.807) is 0 Å². The second-order valence-electron chi connectivity index (χ2n) is 6.68. The van der Waals surface area contributed by atoms with Crippen molar-refractivity contribution in [1.29, 1.82) is 0 Å². The highest BCUT2D eigenvalue weighted by molar-refractivity contribution is 5.95. The number of ketones is 1. The van der Waals surface area contributed by atoms with Crippen LogP contribution in [0, 0.1) is 5.92 Å². The molecule has 114 valence electrons. The molecule has 1 saturated heterocycles. The molecule has 3 rings (SSSR count). The zero-order valence-corrected chi connectivity index (χ0v) is 13.0. The van der Waals surface area contributed by atoms with Crippen LogP contribution in [-0.2, 0) is 0 Å². The molecule has 2 fully saturated rings. The van der Waals surface area contributed by atoms with Gasteiger partial charge in [-0.3, -0.25) is 4.79 Å². The lowest BCUT2D eigenvalue weighted by Crippen LogP contribution is -2.47. The molecule has 0 aromatic heterocycles. The molecule has 0 N–H and O–H groups in total. The summed E-state index contributed by atoms with van der Waals surface area (Å²) >= 11 is 0. The number of rotatable bonds is 5. The van der Waals surface area contributed by atoms with E-state index in [4.69, 9.17) is 0 Å². The van der Waals surface area contributed by atoms with Gasteiger partial charge >= 0.3 is 0 Å². The second kappa shape index (κ2) is 7.22. The van der Waals surface area contributed by atoms with Crippen molar-refractivity contribution >= 4 is 5.78 Å². The molecule has 2 unspecified atom stereocenters. The number of carbonyl (C=O) groups is 1. The summed E-state index contributed by atoms with van der Waals surface area (Å²) in [5.41, 5.74) is 0.867. The summed E-state index contributed by atoms with van der Waals surface area (Å²) in [7, 11) is 0. The summed E-state index contributed by atoms with van der Waals surface area (Å²) in [6.45, 7) is 2.36. The highest BCUT2D eigenvalue weighted by Crippen LogP contribution is 2.35. The van der Waals surface area contributed by atoms with Crippen molar-refractivity contribution < 1.29 is 4.79 Å². The van der Waals surface area contributed by atoms with Gasteiger partial charge in [0.05, 0.1) is 0 Å². The second-order valence-corrected chi connectivity index (χ2v) is 6.68. The van der Waals surface area contributed by atoms with Gasteiger partial charge in [0.25, 0.3) is 0 Å². The molecule has 0 amide bonds. The van der Waals surface area contributed by atoms with Gasteiger partial charge in [0.1, 0.15) is 0 Å². The Morgan fingerprint density at radius 1 is 1.05 bits per heavy atom. The topological polar surface area (TPSA) is 20.3 Å². The fourth-order valence-electron chi connectivity index (χ4n) is 4.22. The van der Waals surface area contributed by atoms with Crippen LogP contribution < -0.4 is 0 Å². The average molecular weight is 285 g/mol. The molecule has 1 aliphatic heterocycles. The van der Waals surface area contributed by atoms with Gasteiger partial charge in [0, 0.05) is 18.0 Å². The highest BCUT2D eigenvalue weighted by atomic mass is 16.1. The third kappa shape index (κ3) is 3.74. The Hall–Kier alpha value is -1.15. The summed E-state index contributed by atoms with van der Waals surface area (Å²) in [5.74, 6) is 1.24. The zero-order valence-electron chi connectivity index (χ0n) is 13.0. The predicted molar refractivity (Wildman–Crippen MR) is 86.6 cm³/mol. The normalized spacial score (nSPS) is 26.3. The zero-order chi connectivity index (χ0) is 14.5. The number of likely N-dealkylation sites (tertiary alicyclic amines) is 1. The molecule has 2 atom stereocenters. The Bertz CT molecular complexity index is 454. The van der Waals surface area contributed by atoms with Crippen LogP contribution >= 0.6 is 0 Å². The summed E-state index contributed by atoms with van der Waals surface area (Å²) in [6, 6.07) is 10.5. The molecule has 1 aliphatic carbocycles. The maximum Gasteiger partial charge on any atom is 0.162 e. The van der Waals surface area contributed by atoms with Gasteiger partial charge in [-0.1, -0.05) is 43.2 Å². The van der Waals surface area contributed by atoms with Gasteiger partial charge < -0.3 is 4.90 Å². The van der Waals surface area contributed by atoms with Crippen LogP contribution in [0.5, 0.6) is 0 Å². The van der Waals surface area contributed by atoms with Crippen LogP contribution in [0.25, 0.3) is 0 Å². The summed E-state index contributed by atoms with van der Waals surface area (Å²) in [5, 5.41) is 0. The van der Waals surface area contributed by atoms with E-state index in [9.17, 15) is 4.79 Å². The van der Waals surface area contributed by atoms with E-state index in [0.717, 1.165) is 30.5 Å². The van der Waals surface area contributed by atoms with E-state index in [1.807, 2.05) is 30.3 Å². The smallest absolute Gasteiger partial charge is 0.162 e. The lowest BCUT2D eigenvalue weighted by molar-refractivity contribution is 0.0589. The number of piperidine rings is 1. The Labute approximate surface area is 128 Å². The van der Waals surface area contributed by atoms with Gasteiger partial charge in [0.2, 0.25) is 0 Å². The van der Waals surface area contributed by atoms with Crippen molar-refractivity contribution in [3.63, 3.8) is 0 Å². The SMILES string of the molecule is O=C(CCCN1CCCC2CCCCC21)c1ccccc1. The summed E-state index contributed by atoms with van der Waals surface area (Å²) in [6.07, 6.45) is 10.1. The lowest BCUT2D eigenvalue weighted by Gasteiger charge is -2.44. The quantitative estimate of drug-likeness (QED) is 0.752. The Morgan fingerprint density at radius 3 is 2.67 bits per heavy atom. The van der Waals surface area contributed by atoms with E-state index in [-0.39, 0.29) is 0 Å². The number of nitrogens with zero attached hydrogens (tertiary/aromatic N) is 1. The molecule has 1 saturated carbocycles. The first-order chi connectivity index (χ1) is 10.3. The molecule has 1 aromatic rings. The third-order valence-electron chi connectivity index (χ3n) is 5.30. The molecule has 2 nitrogen and oxygen atoms in total. The fourth-order valence-corrected chi connectivity index (χ4v) is 4.22. The Morgan fingerprint density at radius 2 is 1.81 bits per heavy atom. The van der Waals surface area contributed by atoms with Crippen molar-refractivity contribution in [2.75, 3.05) is 13.1 Å². The van der Waals surface area contributed by atoms with Crippen LogP contribution in [0.4, 0.5) is 0 Å². The van der Waals surface area contributed by atoms with Gasteiger partial charge in [-0.25, -0.2) is 0 Å². The first kappa shape index (κ1) is 14.8. The fraction of sp³-hybridized carbons (Fsp3) is 0.632. The standard InChI is InChI=1S/C19H27NO/c21-19(17-9-2-1-3-10-17)13-7-15-20-14-6-11-16-8-4-5-12-18(16)20/h1-3,9-10,16,18H,4-8,11-15H2. The molecule has 2 aliphatic rings. The van der Waals surface area contributed by atoms with Crippen molar-refractivity contribution in [3.8, 4) is 0 Å². The van der Waals surface area contributed by atoms with Crippen LogP contribution in [0.1, 0.15) is 61.7 Å². The van der Waals surface area contributed by atoms with Gasteiger partial charge in [-0.05, 0) is 51.1 Å². The molecule has 2 heteroatoms. The van der Waals surface area contributed by atoms with E-state index in [0.29, 0.717) is 12.2 Å². The first-order valence-electron chi connectivity index (χ1n) is 8.67. The molecule has 0 radical (unpaired) electrons. The maximum absolute atomic E-state index is 12.2. The van der Waals surface area contributed by atoms with Crippen molar-refractivity contribution in [2.45, 2.75) is 57.4 Å².